The lowest BCUT2D eigenvalue weighted by molar-refractivity contribution is -0.124. The van der Waals surface area contributed by atoms with Gasteiger partial charge in [-0.3, -0.25) is 10.0 Å². The van der Waals surface area contributed by atoms with Crippen LogP contribution in [-0.2, 0) is 11.2 Å². The second kappa shape index (κ2) is 8.53. The fourth-order valence-corrected chi connectivity index (χ4v) is 2.83. The largest absolute Gasteiger partial charge is 0.497 e. The van der Waals surface area contributed by atoms with E-state index in [0.29, 0.717) is 17.3 Å². The van der Waals surface area contributed by atoms with Crippen LogP contribution in [0.1, 0.15) is 17.0 Å². The summed E-state index contributed by atoms with van der Waals surface area (Å²) in [5.74, 6) is 0.959. The van der Waals surface area contributed by atoms with Gasteiger partial charge in [0.2, 0.25) is 0 Å². The number of ether oxygens (including phenoxy) is 1. The van der Waals surface area contributed by atoms with E-state index in [1.807, 2.05) is 48.5 Å². The summed E-state index contributed by atoms with van der Waals surface area (Å²) < 4.78 is 5.17. The number of amides is 1. The standard InChI is InChI=1S/C20H18ClN3O3/c1-27-16-9-7-15(8-10-16)19-20(21)23-17(22-19)12-14-4-2-13(3-5-14)6-11-18(25)24-26/h2-11,26H,12H2,1H3,(H,22,23)(H,24,25)/b11-6+. The van der Waals surface area contributed by atoms with Gasteiger partial charge in [-0.05, 0) is 41.5 Å². The molecular weight excluding hydrogens is 366 g/mol. The molecule has 0 unspecified atom stereocenters. The Hall–Kier alpha value is -3.09. The molecule has 0 spiro atoms. The van der Waals surface area contributed by atoms with E-state index in [1.54, 1.807) is 18.7 Å². The minimum atomic E-state index is -0.574. The number of nitrogens with zero attached hydrogens (tertiary/aromatic N) is 1. The fraction of sp³-hybridized carbons (Fsp3) is 0.100. The second-order valence-electron chi connectivity index (χ2n) is 5.80. The monoisotopic (exact) mass is 383 g/mol. The first-order valence-corrected chi connectivity index (χ1v) is 8.56. The average molecular weight is 384 g/mol. The number of hydrogen-bond donors (Lipinski definition) is 3. The molecule has 0 radical (unpaired) electrons. The van der Waals surface area contributed by atoms with Crippen molar-refractivity contribution in [3.63, 3.8) is 0 Å². The molecule has 3 rings (SSSR count). The number of halogens is 1. The highest BCUT2D eigenvalue weighted by Gasteiger charge is 2.11. The number of methoxy groups -OCH3 is 1. The summed E-state index contributed by atoms with van der Waals surface area (Å²) in [5.41, 5.74) is 5.05. The van der Waals surface area contributed by atoms with Gasteiger partial charge in [0.25, 0.3) is 5.91 Å². The molecule has 0 aliphatic rings. The number of rotatable bonds is 6. The van der Waals surface area contributed by atoms with Crippen LogP contribution in [0.25, 0.3) is 17.3 Å². The summed E-state index contributed by atoms with van der Waals surface area (Å²) in [6.07, 6.45) is 3.46. The van der Waals surface area contributed by atoms with Gasteiger partial charge in [-0.1, -0.05) is 35.9 Å². The van der Waals surface area contributed by atoms with Crippen LogP contribution in [0.2, 0.25) is 5.15 Å². The van der Waals surface area contributed by atoms with Crippen LogP contribution in [0.15, 0.2) is 54.6 Å². The van der Waals surface area contributed by atoms with Crippen molar-refractivity contribution >= 4 is 23.6 Å². The quantitative estimate of drug-likeness (QED) is 0.343. The Kier molecular flexibility index (Phi) is 5.90. The van der Waals surface area contributed by atoms with Crippen molar-refractivity contribution in [1.29, 1.82) is 0 Å². The highest BCUT2D eigenvalue weighted by molar-refractivity contribution is 6.31. The van der Waals surface area contributed by atoms with E-state index in [1.165, 1.54) is 6.08 Å². The molecule has 1 amide bonds. The Bertz CT molecular complexity index is 948. The molecule has 0 aliphatic heterocycles. The number of imidazole rings is 1. The van der Waals surface area contributed by atoms with Crippen molar-refractivity contribution in [1.82, 2.24) is 15.4 Å². The molecule has 6 nitrogen and oxygen atoms in total. The van der Waals surface area contributed by atoms with Gasteiger partial charge in [0, 0.05) is 18.1 Å². The van der Waals surface area contributed by atoms with Crippen LogP contribution in [0.3, 0.4) is 0 Å². The number of carbonyl (C=O) groups is 1. The Morgan fingerprint density at radius 2 is 1.93 bits per heavy atom. The average Bonchev–Trinajstić information content (AvgIpc) is 3.07. The zero-order valence-corrected chi connectivity index (χ0v) is 15.3. The van der Waals surface area contributed by atoms with Crippen molar-refractivity contribution in [2.45, 2.75) is 6.42 Å². The van der Waals surface area contributed by atoms with E-state index in [9.17, 15) is 4.79 Å². The summed E-state index contributed by atoms with van der Waals surface area (Å²) in [5, 5.41) is 8.97. The molecule has 2 aromatic carbocycles. The van der Waals surface area contributed by atoms with Crippen molar-refractivity contribution < 1.29 is 14.7 Å². The highest BCUT2D eigenvalue weighted by Crippen LogP contribution is 2.27. The highest BCUT2D eigenvalue weighted by atomic mass is 35.5. The van der Waals surface area contributed by atoms with E-state index in [4.69, 9.17) is 21.5 Å². The number of H-pyrrole nitrogens is 1. The van der Waals surface area contributed by atoms with Gasteiger partial charge in [0.05, 0.1) is 7.11 Å². The first-order valence-electron chi connectivity index (χ1n) is 8.19. The lowest BCUT2D eigenvalue weighted by Crippen LogP contribution is -2.14. The molecular formula is C20H18ClN3O3. The lowest BCUT2D eigenvalue weighted by Gasteiger charge is -2.01. The van der Waals surface area contributed by atoms with Crippen LogP contribution in [-0.4, -0.2) is 28.2 Å². The second-order valence-corrected chi connectivity index (χ2v) is 6.18. The molecule has 7 heteroatoms. The minimum Gasteiger partial charge on any atom is -0.497 e. The third-order valence-corrected chi connectivity index (χ3v) is 4.23. The Labute approximate surface area is 161 Å². The van der Waals surface area contributed by atoms with Gasteiger partial charge >= 0.3 is 0 Å². The molecule has 0 aliphatic carbocycles. The molecule has 27 heavy (non-hydrogen) atoms. The normalized spacial score (nSPS) is 10.9. The number of aromatic nitrogens is 2. The zero-order chi connectivity index (χ0) is 19.2. The van der Waals surface area contributed by atoms with Gasteiger partial charge in [0.1, 0.15) is 22.4 Å². The van der Waals surface area contributed by atoms with Crippen LogP contribution >= 0.6 is 11.6 Å². The number of hydrogen-bond acceptors (Lipinski definition) is 4. The topological polar surface area (TPSA) is 87.2 Å². The third kappa shape index (κ3) is 4.75. The summed E-state index contributed by atoms with van der Waals surface area (Å²) in [7, 11) is 1.62. The van der Waals surface area contributed by atoms with Crippen molar-refractivity contribution in [2.75, 3.05) is 7.11 Å². The smallest absolute Gasteiger partial charge is 0.267 e. The Balaban J connectivity index is 1.72. The van der Waals surface area contributed by atoms with Gasteiger partial charge in [-0.15, -0.1) is 0 Å². The number of nitrogens with one attached hydrogen (secondary N) is 2. The Morgan fingerprint density at radius 3 is 2.56 bits per heavy atom. The number of hydroxylamine groups is 1. The summed E-state index contributed by atoms with van der Waals surface area (Å²) in [6, 6.07) is 15.2. The molecule has 0 fully saturated rings. The summed E-state index contributed by atoms with van der Waals surface area (Å²) in [4.78, 5) is 18.7. The van der Waals surface area contributed by atoms with Crippen LogP contribution in [0.4, 0.5) is 0 Å². The molecule has 0 saturated carbocycles. The number of carbonyl (C=O) groups excluding carboxylic acids is 1. The lowest BCUT2D eigenvalue weighted by atomic mass is 10.1. The molecule has 0 bridgehead atoms. The minimum absolute atomic E-state index is 0.490. The molecule has 0 saturated heterocycles. The van der Waals surface area contributed by atoms with Crippen LogP contribution in [0.5, 0.6) is 5.75 Å². The first-order chi connectivity index (χ1) is 13.1. The molecule has 138 valence electrons. The molecule has 1 heterocycles. The summed E-state index contributed by atoms with van der Waals surface area (Å²) in [6.45, 7) is 0. The van der Waals surface area contributed by atoms with Gasteiger partial charge < -0.3 is 9.72 Å². The van der Waals surface area contributed by atoms with Gasteiger partial charge in [-0.2, -0.15) is 0 Å². The van der Waals surface area contributed by atoms with E-state index >= 15 is 0 Å². The predicted octanol–water partition coefficient (Wildman–Crippen LogP) is 3.85. The van der Waals surface area contributed by atoms with Crippen molar-refractivity contribution in [3.05, 3.63) is 76.7 Å². The molecule has 1 aromatic heterocycles. The molecule has 3 N–H and O–H groups in total. The van der Waals surface area contributed by atoms with E-state index in [-0.39, 0.29) is 0 Å². The summed E-state index contributed by atoms with van der Waals surface area (Å²) >= 11 is 6.31. The third-order valence-electron chi connectivity index (χ3n) is 3.96. The SMILES string of the molecule is COc1ccc(-c2nc(Cc3ccc(/C=C/C(=O)NO)cc3)[nH]c2Cl)cc1. The maximum atomic E-state index is 11.0. The van der Waals surface area contributed by atoms with E-state index in [0.717, 1.165) is 28.3 Å². The Morgan fingerprint density at radius 1 is 1.22 bits per heavy atom. The number of aromatic amines is 1. The van der Waals surface area contributed by atoms with Crippen molar-refractivity contribution in [3.8, 4) is 17.0 Å². The van der Waals surface area contributed by atoms with Crippen molar-refractivity contribution in [2.24, 2.45) is 0 Å². The van der Waals surface area contributed by atoms with E-state index in [2.05, 4.69) is 9.97 Å². The van der Waals surface area contributed by atoms with Crippen LogP contribution in [0, 0.1) is 0 Å². The zero-order valence-electron chi connectivity index (χ0n) is 14.6. The molecule has 3 aromatic rings. The predicted molar refractivity (Wildman–Crippen MR) is 104 cm³/mol. The van der Waals surface area contributed by atoms with E-state index < -0.39 is 5.91 Å². The first kappa shape index (κ1) is 18.7. The van der Waals surface area contributed by atoms with Gasteiger partial charge in [0.15, 0.2) is 0 Å². The van der Waals surface area contributed by atoms with Gasteiger partial charge in [-0.25, -0.2) is 10.5 Å². The maximum Gasteiger partial charge on any atom is 0.267 e. The number of benzene rings is 2. The maximum absolute atomic E-state index is 11.0. The fourth-order valence-electron chi connectivity index (χ4n) is 2.57. The van der Waals surface area contributed by atoms with Crippen LogP contribution < -0.4 is 10.2 Å². The molecule has 0 atom stereocenters.